The van der Waals surface area contributed by atoms with Gasteiger partial charge in [0.2, 0.25) is 0 Å². The molecule has 1 unspecified atom stereocenters. The summed E-state index contributed by atoms with van der Waals surface area (Å²) in [7, 11) is 1.60. The molecule has 2 heterocycles. The number of quaternary nitrogens is 1. The second-order valence-corrected chi connectivity index (χ2v) is 7.83. The topological polar surface area (TPSA) is 49.2 Å². The van der Waals surface area contributed by atoms with Crippen LogP contribution in [0.15, 0.2) is 18.2 Å². The van der Waals surface area contributed by atoms with Crippen LogP contribution < -0.4 is 26.8 Å². The van der Waals surface area contributed by atoms with Crippen LogP contribution in [0.1, 0.15) is 62.2 Å². The van der Waals surface area contributed by atoms with Gasteiger partial charge in [0.25, 0.3) is 0 Å². The molecule has 2 fully saturated rings. The highest BCUT2D eigenvalue weighted by atomic mass is 35.5. The molecule has 1 aromatic rings. The van der Waals surface area contributed by atoms with Crippen molar-refractivity contribution >= 4 is 5.97 Å². The number of rotatable bonds is 8. The van der Waals surface area contributed by atoms with Crippen molar-refractivity contribution < 1.29 is 36.3 Å². The first-order valence-corrected chi connectivity index (χ1v) is 10.6. The fourth-order valence-corrected chi connectivity index (χ4v) is 4.48. The summed E-state index contributed by atoms with van der Waals surface area (Å²) in [5, 5.41) is 0. The zero-order valence-corrected chi connectivity index (χ0v) is 17.9. The Morgan fingerprint density at radius 1 is 1.14 bits per heavy atom. The van der Waals surface area contributed by atoms with Crippen LogP contribution in [0.3, 0.4) is 0 Å². The maximum Gasteiger partial charge on any atom is 0.338 e. The molecule has 3 atom stereocenters. The largest absolute Gasteiger partial charge is 1.00 e. The number of nitrogens with one attached hydrogen (secondary N) is 1. The predicted molar refractivity (Wildman–Crippen MR) is 105 cm³/mol. The number of ether oxygens (including phenoxy) is 3. The molecule has 0 saturated carbocycles. The summed E-state index contributed by atoms with van der Waals surface area (Å²) in [6, 6.07) is 5.97. The number of hydrogen-bond donors (Lipinski definition) is 1. The lowest BCUT2D eigenvalue weighted by Crippen LogP contribution is -3.18. The monoisotopic (exact) mass is 411 g/mol. The molecule has 2 aliphatic heterocycles. The summed E-state index contributed by atoms with van der Waals surface area (Å²) in [5.74, 6) is 1.49. The first-order chi connectivity index (χ1) is 13.2. The van der Waals surface area contributed by atoms with E-state index in [2.05, 4.69) is 6.92 Å². The molecular formula is C22H34ClNO4. The van der Waals surface area contributed by atoms with E-state index in [-0.39, 0.29) is 18.4 Å². The minimum atomic E-state index is -0.267. The first-order valence-electron chi connectivity index (χ1n) is 10.6. The van der Waals surface area contributed by atoms with Crippen LogP contribution >= 0.6 is 0 Å². The molecule has 1 aromatic carbocycles. The highest BCUT2D eigenvalue weighted by molar-refractivity contribution is 5.90. The van der Waals surface area contributed by atoms with Crippen LogP contribution in [0, 0.1) is 5.92 Å². The number of esters is 1. The average Bonchev–Trinajstić information content (AvgIpc) is 2.72. The second-order valence-electron chi connectivity index (χ2n) is 7.83. The molecule has 0 aliphatic carbocycles. The van der Waals surface area contributed by atoms with Crippen LogP contribution in [-0.4, -0.2) is 45.4 Å². The average molecular weight is 412 g/mol. The molecule has 2 saturated heterocycles. The number of unbranched alkanes of at least 4 members (excludes halogenated alkanes) is 1. The van der Waals surface area contributed by atoms with Gasteiger partial charge in [-0.25, -0.2) is 4.79 Å². The fourth-order valence-electron chi connectivity index (χ4n) is 4.48. The van der Waals surface area contributed by atoms with Gasteiger partial charge in [0.1, 0.15) is 6.61 Å². The molecule has 5 nitrogen and oxygen atoms in total. The normalized spacial score (nSPS) is 23.9. The Hall–Kier alpha value is -1.46. The van der Waals surface area contributed by atoms with Crippen molar-refractivity contribution in [2.45, 2.75) is 57.9 Å². The number of carbonyl (C=O) groups is 1. The zero-order chi connectivity index (χ0) is 19.1. The van der Waals surface area contributed by atoms with Crippen LogP contribution in [0.25, 0.3) is 0 Å². The van der Waals surface area contributed by atoms with E-state index in [0.29, 0.717) is 42.2 Å². The first kappa shape index (κ1) is 22.8. The number of fused-ring (bicyclic) bond motifs is 1. The Kier molecular flexibility index (Phi) is 9.39. The molecule has 3 rings (SSSR count). The van der Waals surface area contributed by atoms with Crippen LogP contribution in [-0.2, 0) is 4.74 Å². The molecule has 0 radical (unpaired) electrons. The van der Waals surface area contributed by atoms with Gasteiger partial charge in [-0.3, -0.25) is 0 Å². The van der Waals surface area contributed by atoms with Gasteiger partial charge in [-0.1, -0.05) is 13.3 Å². The molecule has 0 bridgehead atoms. The van der Waals surface area contributed by atoms with E-state index in [1.807, 2.05) is 0 Å². The van der Waals surface area contributed by atoms with Gasteiger partial charge < -0.3 is 31.5 Å². The van der Waals surface area contributed by atoms with Crippen molar-refractivity contribution in [2.75, 3.05) is 33.4 Å². The summed E-state index contributed by atoms with van der Waals surface area (Å²) in [5.41, 5.74) is 0.526. The van der Waals surface area contributed by atoms with E-state index in [1.54, 1.807) is 30.2 Å². The maximum absolute atomic E-state index is 12.6. The van der Waals surface area contributed by atoms with Crippen molar-refractivity contribution in [1.29, 1.82) is 0 Å². The quantitative estimate of drug-likeness (QED) is 0.479. The summed E-state index contributed by atoms with van der Waals surface area (Å²) >= 11 is 0. The zero-order valence-electron chi connectivity index (χ0n) is 17.2. The van der Waals surface area contributed by atoms with Crippen molar-refractivity contribution in [3.63, 3.8) is 0 Å². The molecule has 2 aliphatic rings. The third kappa shape index (κ3) is 5.77. The number of methoxy groups -OCH3 is 1. The molecule has 0 spiro atoms. The van der Waals surface area contributed by atoms with Gasteiger partial charge in [0, 0.05) is 5.92 Å². The van der Waals surface area contributed by atoms with Gasteiger partial charge in [0.05, 0.1) is 38.4 Å². The molecule has 0 amide bonds. The number of benzene rings is 1. The van der Waals surface area contributed by atoms with Crippen molar-refractivity contribution in [3.8, 4) is 11.5 Å². The lowest BCUT2D eigenvalue weighted by atomic mass is 9.84. The standard InChI is InChI=1S/C22H33NO4.ClH/c1-3-4-14-26-20-11-10-17(15-21(20)25-2)22(24)27-16-18-8-7-13-23-12-6-5-9-19(18)23;/h10-11,15,18-19H,3-9,12-14,16H2,1-2H3;1H/t18-,19+;/m0./s1. The number of halogens is 1. The number of piperidine rings is 2. The van der Waals surface area contributed by atoms with Gasteiger partial charge in [-0.05, 0) is 56.7 Å². The van der Waals surface area contributed by atoms with Crippen LogP contribution in [0.5, 0.6) is 11.5 Å². The highest BCUT2D eigenvalue weighted by Gasteiger charge is 2.37. The van der Waals surface area contributed by atoms with Gasteiger partial charge >= 0.3 is 5.97 Å². The maximum atomic E-state index is 12.6. The van der Waals surface area contributed by atoms with E-state index in [1.165, 1.54) is 45.2 Å². The summed E-state index contributed by atoms with van der Waals surface area (Å²) < 4.78 is 16.8. The third-order valence-electron chi connectivity index (χ3n) is 6.01. The minimum Gasteiger partial charge on any atom is -1.00 e. The smallest absolute Gasteiger partial charge is 0.338 e. The van der Waals surface area contributed by atoms with E-state index in [0.717, 1.165) is 12.8 Å². The fraction of sp³-hybridized carbons (Fsp3) is 0.682. The minimum absolute atomic E-state index is 0. The SMILES string of the molecule is CCCCOc1ccc(C(=O)OC[C@@H]2CCC[NH+]3CCCC[C@H]23)cc1OC.[Cl-]. The van der Waals surface area contributed by atoms with Gasteiger partial charge in [-0.15, -0.1) is 0 Å². The Morgan fingerprint density at radius 3 is 2.75 bits per heavy atom. The van der Waals surface area contributed by atoms with Crippen LogP contribution in [0.4, 0.5) is 0 Å². The van der Waals surface area contributed by atoms with E-state index >= 15 is 0 Å². The molecule has 6 heteroatoms. The molecular weight excluding hydrogens is 378 g/mol. The van der Waals surface area contributed by atoms with Crippen molar-refractivity contribution in [3.05, 3.63) is 23.8 Å². The van der Waals surface area contributed by atoms with Crippen LogP contribution in [0.2, 0.25) is 0 Å². The van der Waals surface area contributed by atoms with Crippen molar-refractivity contribution in [2.24, 2.45) is 5.92 Å². The van der Waals surface area contributed by atoms with Crippen molar-refractivity contribution in [1.82, 2.24) is 0 Å². The Balaban J connectivity index is 0.00000280. The summed E-state index contributed by atoms with van der Waals surface area (Å²) in [4.78, 5) is 14.3. The van der Waals surface area contributed by atoms with E-state index in [4.69, 9.17) is 14.2 Å². The van der Waals surface area contributed by atoms with E-state index < -0.39 is 0 Å². The lowest BCUT2D eigenvalue weighted by Gasteiger charge is -2.40. The highest BCUT2D eigenvalue weighted by Crippen LogP contribution is 2.29. The predicted octanol–water partition coefficient (Wildman–Crippen LogP) is -0.118. The van der Waals surface area contributed by atoms with Gasteiger partial charge in [0.15, 0.2) is 11.5 Å². The molecule has 28 heavy (non-hydrogen) atoms. The lowest BCUT2D eigenvalue weighted by molar-refractivity contribution is -0.940. The molecule has 0 aromatic heterocycles. The second kappa shape index (κ2) is 11.5. The Labute approximate surface area is 175 Å². The molecule has 158 valence electrons. The van der Waals surface area contributed by atoms with Gasteiger partial charge in [-0.2, -0.15) is 0 Å². The van der Waals surface area contributed by atoms with E-state index in [9.17, 15) is 4.79 Å². The Bertz CT molecular complexity index is 623. The molecule has 1 N–H and O–H groups in total. The summed E-state index contributed by atoms with van der Waals surface area (Å²) in [6.45, 7) is 5.88. The summed E-state index contributed by atoms with van der Waals surface area (Å²) in [6.07, 6.45) is 8.42. The number of carbonyl (C=O) groups excluding carboxylic acids is 1. The number of hydrogen-bond acceptors (Lipinski definition) is 4. The Morgan fingerprint density at radius 2 is 1.96 bits per heavy atom. The third-order valence-corrected chi connectivity index (χ3v) is 6.01.